The fraction of sp³-hybridized carbons (Fsp3) is 0.250. The number of aliphatic imine (C=N–C) groups is 1. The molecule has 0 fully saturated rings. The summed E-state index contributed by atoms with van der Waals surface area (Å²) in [6.07, 6.45) is 2.65. The highest BCUT2D eigenvalue weighted by atomic mass is 127. The molecule has 0 saturated carbocycles. The van der Waals surface area contributed by atoms with Gasteiger partial charge in [0.15, 0.2) is 17.5 Å². The van der Waals surface area contributed by atoms with Crippen molar-refractivity contribution in [1.82, 2.24) is 10.3 Å². The van der Waals surface area contributed by atoms with Crippen LogP contribution in [0.25, 0.3) is 0 Å². The lowest BCUT2D eigenvalue weighted by atomic mass is 10.2. The normalized spacial score (nSPS) is 12.8. The first-order chi connectivity index (χ1) is 15.3. The van der Waals surface area contributed by atoms with Crippen molar-refractivity contribution < 1.29 is 14.2 Å². The van der Waals surface area contributed by atoms with Crippen LogP contribution in [0.15, 0.2) is 71.9 Å². The number of ether oxygens (including phenoxy) is 3. The number of rotatable bonds is 6. The molecule has 1 aromatic heterocycles. The topological polar surface area (TPSA) is 77.0 Å². The molecule has 2 heterocycles. The molecule has 32 heavy (non-hydrogen) atoms. The average Bonchev–Trinajstić information content (AvgIpc) is 3.06. The van der Waals surface area contributed by atoms with Crippen molar-refractivity contribution in [2.45, 2.75) is 19.6 Å². The van der Waals surface area contributed by atoms with E-state index in [9.17, 15) is 0 Å². The van der Waals surface area contributed by atoms with Crippen molar-refractivity contribution in [2.75, 3.05) is 25.6 Å². The Hall–Kier alpha value is -3.01. The summed E-state index contributed by atoms with van der Waals surface area (Å²) in [6, 6.07) is 19.6. The van der Waals surface area contributed by atoms with E-state index in [4.69, 9.17) is 14.2 Å². The molecule has 0 bridgehead atoms. The third kappa shape index (κ3) is 6.74. The predicted octanol–water partition coefficient (Wildman–Crippen LogP) is 4.63. The number of guanidine groups is 1. The molecule has 1 aliphatic rings. The van der Waals surface area contributed by atoms with Gasteiger partial charge in [0.1, 0.15) is 12.4 Å². The molecule has 0 saturated heterocycles. The first kappa shape index (κ1) is 23.6. The smallest absolute Gasteiger partial charge is 0.195 e. The minimum atomic E-state index is 0. The van der Waals surface area contributed by atoms with Crippen molar-refractivity contribution in [3.8, 4) is 17.2 Å². The van der Waals surface area contributed by atoms with Crippen LogP contribution in [0.2, 0.25) is 0 Å². The van der Waals surface area contributed by atoms with Crippen LogP contribution in [0.3, 0.4) is 0 Å². The van der Waals surface area contributed by atoms with E-state index in [0.29, 0.717) is 32.3 Å². The third-order valence-corrected chi connectivity index (χ3v) is 4.71. The summed E-state index contributed by atoms with van der Waals surface area (Å²) in [5.41, 5.74) is 2.86. The highest BCUT2D eigenvalue weighted by molar-refractivity contribution is 14.0. The Balaban J connectivity index is 0.00000289. The quantitative estimate of drug-likeness (QED) is 0.267. The molecule has 8 heteroatoms. The van der Waals surface area contributed by atoms with Gasteiger partial charge in [-0.15, -0.1) is 24.0 Å². The Labute approximate surface area is 205 Å². The molecule has 168 valence electrons. The Bertz CT molecular complexity index is 1030. The molecule has 4 rings (SSSR count). The van der Waals surface area contributed by atoms with Gasteiger partial charge < -0.3 is 24.8 Å². The summed E-state index contributed by atoms with van der Waals surface area (Å²) in [5.74, 6) is 2.98. The summed E-state index contributed by atoms with van der Waals surface area (Å²) in [5, 5.41) is 6.62. The number of hydrogen-bond acceptors (Lipinski definition) is 5. The van der Waals surface area contributed by atoms with E-state index >= 15 is 0 Å². The van der Waals surface area contributed by atoms with Crippen molar-refractivity contribution in [3.63, 3.8) is 0 Å². The molecule has 0 atom stereocenters. The minimum Gasteiger partial charge on any atom is -0.490 e. The van der Waals surface area contributed by atoms with E-state index in [0.717, 1.165) is 40.6 Å². The molecular weight excluding hydrogens is 519 g/mol. The Kier molecular flexibility index (Phi) is 8.97. The van der Waals surface area contributed by atoms with Gasteiger partial charge in [0.05, 0.1) is 18.9 Å². The monoisotopic (exact) mass is 546 g/mol. The van der Waals surface area contributed by atoms with Crippen LogP contribution in [0.1, 0.15) is 17.7 Å². The summed E-state index contributed by atoms with van der Waals surface area (Å²) in [4.78, 5) is 8.59. The summed E-state index contributed by atoms with van der Waals surface area (Å²) < 4.78 is 17.3. The van der Waals surface area contributed by atoms with Gasteiger partial charge in [-0.1, -0.05) is 18.2 Å². The van der Waals surface area contributed by atoms with Crippen LogP contribution in [-0.4, -0.2) is 31.2 Å². The Morgan fingerprint density at radius 3 is 2.72 bits per heavy atom. The lowest BCUT2D eigenvalue weighted by Gasteiger charge is -2.14. The SMILES string of the molecule is CN=C(NCc1cccc(OCc2ccccn2)c1)Nc1ccc2c(c1)OCCCO2.I. The molecule has 2 aromatic carbocycles. The van der Waals surface area contributed by atoms with Crippen LogP contribution in [-0.2, 0) is 13.2 Å². The fourth-order valence-electron chi connectivity index (χ4n) is 3.13. The number of pyridine rings is 1. The van der Waals surface area contributed by atoms with Crippen LogP contribution in [0, 0.1) is 0 Å². The van der Waals surface area contributed by atoms with Gasteiger partial charge in [0, 0.05) is 38.0 Å². The standard InChI is InChI=1S/C24H26N4O3.HI/c1-25-24(28-19-9-10-22-23(15-19)30-13-5-12-29-22)27-16-18-6-4-8-21(14-18)31-17-20-7-2-3-11-26-20;/h2-4,6-11,14-15H,5,12-13,16-17H2,1H3,(H2,25,27,28);1H. The molecule has 0 amide bonds. The van der Waals surface area contributed by atoms with Crippen LogP contribution < -0.4 is 24.8 Å². The van der Waals surface area contributed by atoms with Gasteiger partial charge in [-0.2, -0.15) is 0 Å². The Morgan fingerprint density at radius 1 is 1.03 bits per heavy atom. The van der Waals surface area contributed by atoms with E-state index in [1.54, 1.807) is 13.2 Å². The number of aromatic nitrogens is 1. The van der Waals surface area contributed by atoms with Gasteiger partial charge in [-0.25, -0.2) is 0 Å². The van der Waals surface area contributed by atoms with E-state index in [2.05, 4.69) is 20.6 Å². The zero-order valence-corrected chi connectivity index (χ0v) is 20.2. The van der Waals surface area contributed by atoms with E-state index < -0.39 is 0 Å². The largest absolute Gasteiger partial charge is 0.490 e. The average molecular weight is 546 g/mol. The van der Waals surface area contributed by atoms with Gasteiger partial charge in [-0.3, -0.25) is 9.98 Å². The number of halogens is 1. The van der Waals surface area contributed by atoms with Gasteiger partial charge in [0.2, 0.25) is 0 Å². The summed E-state index contributed by atoms with van der Waals surface area (Å²) in [6.45, 7) is 2.37. The highest BCUT2D eigenvalue weighted by Crippen LogP contribution is 2.32. The van der Waals surface area contributed by atoms with Crippen molar-refractivity contribution in [1.29, 1.82) is 0 Å². The first-order valence-electron chi connectivity index (χ1n) is 10.3. The molecule has 0 unspecified atom stereocenters. The predicted molar refractivity (Wildman–Crippen MR) is 136 cm³/mol. The Morgan fingerprint density at radius 2 is 1.91 bits per heavy atom. The van der Waals surface area contributed by atoms with Crippen molar-refractivity contribution in [2.24, 2.45) is 4.99 Å². The lowest BCUT2D eigenvalue weighted by molar-refractivity contribution is 0.297. The first-order valence-corrected chi connectivity index (χ1v) is 10.3. The highest BCUT2D eigenvalue weighted by Gasteiger charge is 2.11. The second-order valence-corrected chi connectivity index (χ2v) is 7.02. The van der Waals surface area contributed by atoms with Crippen LogP contribution >= 0.6 is 24.0 Å². The molecule has 7 nitrogen and oxygen atoms in total. The van der Waals surface area contributed by atoms with Crippen LogP contribution in [0.4, 0.5) is 5.69 Å². The van der Waals surface area contributed by atoms with E-state index in [-0.39, 0.29) is 24.0 Å². The van der Waals surface area contributed by atoms with Gasteiger partial charge >= 0.3 is 0 Å². The summed E-state index contributed by atoms with van der Waals surface area (Å²) >= 11 is 0. The maximum atomic E-state index is 5.86. The maximum Gasteiger partial charge on any atom is 0.195 e. The molecule has 3 aromatic rings. The number of nitrogens with zero attached hydrogens (tertiary/aromatic N) is 2. The molecule has 0 aliphatic carbocycles. The fourth-order valence-corrected chi connectivity index (χ4v) is 3.13. The number of hydrogen-bond donors (Lipinski definition) is 2. The zero-order valence-electron chi connectivity index (χ0n) is 17.9. The maximum absolute atomic E-state index is 5.86. The van der Waals surface area contributed by atoms with E-state index in [1.807, 2.05) is 60.7 Å². The number of benzene rings is 2. The second-order valence-electron chi connectivity index (χ2n) is 7.02. The molecule has 0 spiro atoms. The van der Waals surface area contributed by atoms with Gasteiger partial charge in [0.25, 0.3) is 0 Å². The van der Waals surface area contributed by atoms with E-state index in [1.165, 1.54) is 0 Å². The zero-order chi connectivity index (χ0) is 21.3. The molecular formula is C24H27IN4O3. The molecule has 1 aliphatic heterocycles. The molecule has 2 N–H and O–H groups in total. The van der Waals surface area contributed by atoms with Gasteiger partial charge in [-0.05, 0) is 42.0 Å². The minimum absolute atomic E-state index is 0. The van der Waals surface area contributed by atoms with Crippen molar-refractivity contribution >= 4 is 35.6 Å². The number of fused-ring (bicyclic) bond motifs is 1. The summed E-state index contributed by atoms with van der Waals surface area (Å²) in [7, 11) is 1.74. The third-order valence-electron chi connectivity index (χ3n) is 4.71. The van der Waals surface area contributed by atoms with Crippen molar-refractivity contribution in [3.05, 3.63) is 78.1 Å². The second kappa shape index (κ2) is 12.1. The number of anilines is 1. The lowest BCUT2D eigenvalue weighted by Crippen LogP contribution is -2.30. The number of nitrogens with one attached hydrogen (secondary N) is 2. The molecule has 0 radical (unpaired) electrons. The van der Waals surface area contributed by atoms with Crippen LogP contribution in [0.5, 0.6) is 17.2 Å².